The van der Waals surface area contributed by atoms with Crippen molar-refractivity contribution in [3.63, 3.8) is 0 Å². The average molecular weight is 398 g/mol. The van der Waals surface area contributed by atoms with Gasteiger partial charge >= 0.3 is 0 Å². The summed E-state index contributed by atoms with van der Waals surface area (Å²) in [7, 11) is 0. The number of amidine groups is 1. The SMILES string of the molecule is Cc1ccccc1NC(=O)CC1SC(=Nc2ccccc2)N(CCCO)C1=O. The number of aliphatic hydroxyl groups is 1. The van der Waals surface area contributed by atoms with Crippen molar-refractivity contribution in [2.45, 2.75) is 25.0 Å². The molecule has 0 spiro atoms. The van der Waals surface area contributed by atoms with Gasteiger partial charge in [-0.15, -0.1) is 0 Å². The van der Waals surface area contributed by atoms with E-state index in [0.29, 0.717) is 18.1 Å². The monoisotopic (exact) mass is 397 g/mol. The second kappa shape index (κ2) is 9.52. The van der Waals surface area contributed by atoms with Gasteiger partial charge in [-0.05, 0) is 37.1 Å². The van der Waals surface area contributed by atoms with Crippen LogP contribution in [0.25, 0.3) is 0 Å². The molecule has 1 aliphatic heterocycles. The minimum Gasteiger partial charge on any atom is -0.396 e. The molecular formula is C21H23N3O3S. The molecule has 0 aliphatic carbocycles. The molecule has 1 aliphatic rings. The molecule has 1 atom stereocenters. The Hall–Kier alpha value is -2.64. The van der Waals surface area contributed by atoms with Crippen LogP contribution in [0.3, 0.4) is 0 Å². The maximum Gasteiger partial charge on any atom is 0.242 e. The molecule has 28 heavy (non-hydrogen) atoms. The Bertz CT molecular complexity index is 870. The Morgan fingerprint density at radius 3 is 2.61 bits per heavy atom. The summed E-state index contributed by atoms with van der Waals surface area (Å²) in [6.45, 7) is 2.29. The van der Waals surface area contributed by atoms with E-state index in [1.165, 1.54) is 11.8 Å². The summed E-state index contributed by atoms with van der Waals surface area (Å²) in [4.78, 5) is 31.4. The van der Waals surface area contributed by atoms with E-state index in [1.807, 2.05) is 61.5 Å². The Kier molecular flexibility index (Phi) is 6.84. The molecule has 1 heterocycles. The first-order valence-corrected chi connectivity index (χ1v) is 10.0. The van der Waals surface area contributed by atoms with Gasteiger partial charge in [0.1, 0.15) is 5.25 Å². The molecular weight excluding hydrogens is 374 g/mol. The van der Waals surface area contributed by atoms with E-state index in [9.17, 15) is 9.59 Å². The molecule has 2 aromatic rings. The van der Waals surface area contributed by atoms with Crippen molar-refractivity contribution in [3.05, 3.63) is 60.2 Å². The summed E-state index contributed by atoms with van der Waals surface area (Å²) in [5, 5.41) is 12.1. The summed E-state index contributed by atoms with van der Waals surface area (Å²) in [5.74, 6) is -0.351. The minimum atomic E-state index is -0.523. The normalized spacial score (nSPS) is 17.9. The molecule has 0 aromatic heterocycles. The van der Waals surface area contributed by atoms with Gasteiger partial charge < -0.3 is 10.4 Å². The molecule has 0 bridgehead atoms. The molecule has 1 unspecified atom stereocenters. The summed E-state index contributed by atoms with van der Waals surface area (Å²) in [6.07, 6.45) is 0.531. The number of hydrogen-bond acceptors (Lipinski definition) is 5. The van der Waals surface area contributed by atoms with Gasteiger partial charge in [-0.2, -0.15) is 0 Å². The van der Waals surface area contributed by atoms with Gasteiger partial charge in [0.05, 0.1) is 5.69 Å². The molecule has 3 rings (SSSR count). The van der Waals surface area contributed by atoms with Gasteiger partial charge in [-0.25, -0.2) is 4.99 Å². The molecule has 2 aromatic carbocycles. The lowest BCUT2D eigenvalue weighted by Gasteiger charge is -2.15. The van der Waals surface area contributed by atoms with Gasteiger partial charge in [0, 0.05) is 25.3 Å². The van der Waals surface area contributed by atoms with Crippen molar-refractivity contribution < 1.29 is 14.7 Å². The van der Waals surface area contributed by atoms with Gasteiger partial charge in [0.15, 0.2) is 5.17 Å². The summed E-state index contributed by atoms with van der Waals surface area (Å²) >= 11 is 1.30. The summed E-state index contributed by atoms with van der Waals surface area (Å²) in [6, 6.07) is 16.9. The Labute approximate surface area is 168 Å². The van der Waals surface area contributed by atoms with E-state index < -0.39 is 5.25 Å². The van der Waals surface area contributed by atoms with E-state index in [1.54, 1.807) is 4.90 Å². The lowest BCUT2D eigenvalue weighted by atomic mass is 10.2. The fraction of sp³-hybridized carbons (Fsp3) is 0.286. The number of rotatable bonds is 7. The third-order valence-electron chi connectivity index (χ3n) is 4.33. The second-order valence-corrected chi connectivity index (χ2v) is 7.64. The van der Waals surface area contributed by atoms with Crippen LogP contribution in [0, 0.1) is 6.92 Å². The predicted octanol–water partition coefficient (Wildman–Crippen LogP) is 3.34. The van der Waals surface area contributed by atoms with Crippen molar-refractivity contribution in [2.24, 2.45) is 4.99 Å². The highest BCUT2D eigenvalue weighted by molar-refractivity contribution is 8.15. The topological polar surface area (TPSA) is 82.0 Å². The second-order valence-electron chi connectivity index (χ2n) is 6.47. The molecule has 0 radical (unpaired) electrons. The van der Waals surface area contributed by atoms with Crippen LogP contribution in [0.4, 0.5) is 11.4 Å². The molecule has 7 heteroatoms. The van der Waals surface area contributed by atoms with Crippen molar-refractivity contribution in [1.82, 2.24) is 4.90 Å². The summed E-state index contributed by atoms with van der Waals surface area (Å²) < 4.78 is 0. The van der Waals surface area contributed by atoms with Crippen molar-refractivity contribution in [3.8, 4) is 0 Å². The zero-order valence-electron chi connectivity index (χ0n) is 15.7. The minimum absolute atomic E-state index is 0.00843. The van der Waals surface area contributed by atoms with Crippen LogP contribution in [0.5, 0.6) is 0 Å². The summed E-state index contributed by atoms with van der Waals surface area (Å²) in [5.41, 5.74) is 2.47. The van der Waals surface area contributed by atoms with Crippen LogP contribution in [0.1, 0.15) is 18.4 Å². The van der Waals surface area contributed by atoms with Crippen LogP contribution in [0.15, 0.2) is 59.6 Å². The Balaban J connectivity index is 1.73. The van der Waals surface area contributed by atoms with Crippen LogP contribution < -0.4 is 5.32 Å². The number of benzene rings is 2. The zero-order chi connectivity index (χ0) is 19.9. The lowest BCUT2D eigenvalue weighted by molar-refractivity contribution is -0.128. The number of carbonyl (C=O) groups excluding carboxylic acids is 2. The highest BCUT2D eigenvalue weighted by Gasteiger charge is 2.38. The van der Waals surface area contributed by atoms with Gasteiger partial charge in [-0.3, -0.25) is 14.5 Å². The van der Waals surface area contributed by atoms with E-state index in [4.69, 9.17) is 5.11 Å². The van der Waals surface area contributed by atoms with Crippen LogP contribution in [0.2, 0.25) is 0 Å². The molecule has 146 valence electrons. The quantitative estimate of drug-likeness (QED) is 0.751. The third kappa shape index (κ3) is 4.99. The number of nitrogens with one attached hydrogen (secondary N) is 1. The average Bonchev–Trinajstić information content (AvgIpc) is 2.97. The number of para-hydroxylation sites is 2. The number of aryl methyl sites for hydroxylation is 1. The largest absolute Gasteiger partial charge is 0.396 e. The molecule has 2 N–H and O–H groups in total. The molecule has 0 saturated carbocycles. The first kappa shape index (κ1) is 20.1. The number of anilines is 1. The fourth-order valence-corrected chi connectivity index (χ4v) is 4.04. The maximum absolute atomic E-state index is 12.8. The number of amides is 2. The van der Waals surface area contributed by atoms with Crippen molar-refractivity contribution >= 4 is 40.1 Å². The number of aliphatic hydroxyl groups excluding tert-OH is 1. The Morgan fingerprint density at radius 2 is 1.89 bits per heavy atom. The molecule has 6 nitrogen and oxygen atoms in total. The first-order valence-electron chi connectivity index (χ1n) is 9.16. The highest BCUT2D eigenvalue weighted by Crippen LogP contribution is 2.32. The van der Waals surface area contributed by atoms with Gasteiger partial charge in [0.2, 0.25) is 11.8 Å². The van der Waals surface area contributed by atoms with E-state index in [2.05, 4.69) is 10.3 Å². The molecule has 1 saturated heterocycles. The van der Waals surface area contributed by atoms with E-state index >= 15 is 0 Å². The molecule has 1 fully saturated rings. The van der Waals surface area contributed by atoms with Crippen molar-refractivity contribution in [1.29, 1.82) is 0 Å². The molecule has 2 amide bonds. The Morgan fingerprint density at radius 1 is 1.18 bits per heavy atom. The number of thioether (sulfide) groups is 1. The number of carbonyl (C=O) groups is 2. The van der Waals surface area contributed by atoms with Crippen molar-refractivity contribution in [2.75, 3.05) is 18.5 Å². The van der Waals surface area contributed by atoms with Crippen LogP contribution in [-0.2, 0) is 9.59 Å². The number of nitrogens with zero attached hydrogens (tertiary/aromatic N) is 2. The van der Waals surface area contributed by atoms with E-state index in [-0.39, 0.29) is 24.8 Å². The number of aliphatic imine (C=N–C) groups is 1. The van der Waals surface area contributed by atoms with Crippen LogP contribution in [-0.4, -0.2) is 45.4 Å². The third-order valence-corrected chi connectivity index (χ3v) is 5.51. The standard InChI is InChI=1S/C21H23N3O3S/c1-15-8-5-6-11-17(15)23-19(26)14-18-20(27)24(12-7-13-25)21(28-18)22-16-9-3-2-4-10-16/h2-6,8-11,18,25H,7,12-14H2,1H3,(H,23,26). The fourth-order valence-electron chi connectivity index (χ4n) is 2.86. The number of hydrogen-bond donors (Lipinski definition) is 2. The van der Waals surface area contributed by atoms with Gasteiger partial charge in [0.25, 0.3) is 0 Å². The highest BCUT2D eigenvalue weighted by atomic mass is 32.2. The zero-order valence-corrected chi connectivity index (χ0v) is 16.5. The van der Waals surface area contributed by atoms with Gasteiger partial charge in [-0.1, -0.05) is 48.2 Å². The maximum atomic E-state index is 12.8. The first-order chi connectivity index (χ1) is 13.6. The lowest BCUT2D eigenvalue weighted by Crippen LogP contribution is -2.34. The van der Waals surface area contributed by atoms with Crippen LogP contribution >= 0.6 is 11.8 Å². The smallest absolute Gasteiger partial charge is 0.242 e. The van der Waals surface area contributed by atoms with E-state index in [0.717, 1.165) is 16.9 Å². The predicted molar refractivity (Wildman–Crippen MR) is 113 cm³/mol.